The lowest BCUT2D eigenvalue weighted by molar-refractivity contribution is 0.172. The molecule has 0 aliphatic rings. The first-order valence-corrected chi connectivity index (χ1v) is 9.86. The highest BCUT2D eigenvalue weighted by molar-refractivity contribution is 5.93. The summed E-state index contributed by atoms with van der Waals surface area (Å²) in [5, 5.41) is 15.0. The number of methoxy groups -OCH3 is 1. The summed E-state index contributed by atoms with van der Waals surface area (Å²) in [6.07, 6.45) is 3.52. The van der Waals surface area contributed by atoms with E-state index in [4.69, 9.17) is 9.47 Å². The Labute approximate surface area is 171 Å². The molecule has 0 saturated carbocycles. The highest BCUT2D eigenvalue weighted by atomic mass is 16.5. The Morgan fingerprint density at radius 1 is 1.14 bits per heavy atom. The van der Waals surface area contributed by atoms with Gasteiger partial charge >= 0.3 is 0 Å². The van der Waals surface area contributed by atoms with Gasteiger partial charge in [-0.3, -0.25) is 9.39 Å². The third kappa shape index (κ3) is 6.18. The number of ether oxygens (including phenoxy) is 2. The van der Waals surface area contributed by atoms with Crippen LogP contribution in [0, 0.1) is 0 Å². The van der Waals surface area contributed by atoms with Crippen LogP contribution in [0.25, 0.3) is 5.65 Å². The lowest BCUT2D eigenvalue weighted by Gasteiger charge is -2.13. The summed E-state index contributed by atoms with van der Waals surface area (Å²) in [5.41, 5.74) is 1.76. The number of nitrogens with one attached hydrogen (secondary N) is 2. The summed E-state index contributed by atoms with van der Waals surface area (Å²) in [6.45, 7) is 4.72. The summed E-state index contributed by atoms with van der Waals surface area (Å²) in [4.78, 5) is 4.66. The zero-order valence-electron chi connectivity index (χ0n) is 17.0. The van der Waals surface area contributed by atoms with E-state index in [1.807, 2.05) is 60.0 Å². The smallest absolute Gasteiger partial charge is 0.195 e. The molecule has 0 bridgehead atoms. The molecule has 0 amide bonds. The minimum Gasteiger partial charge on any atom is -0.493 e. The number of nitrogens with zero attached hydrogens (tertiary/aromatic N) is 4. The van der Waals surface area contributed by atoms with Crippen molar-refractivity contribution in [3.05, 3.63) is 54.5 Å². The summed E-state index contributed by atoms with van der Waals surface area (Å²) in [6, 6.07) is 13.7. The Morgan fingerprint density at radius 2 is 2.07 bits per heavy atom. The van der Waals surface area contributed by atoms with Crippen LogP contribution in [-0.2, 0) is 11.2 Å². The molecule has 0 radical (unpaired) electrons. The molecule has 3 aromatic rings. The van der Waals surface area contributed by atoms with Crippen molar-refractivity contribution in [3.8, 4) is 5.75 Å². The molecule has 3 rings (SSSR count). The quantitative estimate of drug-likeness (QED) is 0.311. The summed E-state index contributed by atoms with van der Waals surface area (Å²) < 4.78 is 12.8. The predicted octanol–water partition coefficient (Wildman–Crippen LogP) is 2.76. The molecule has 0 unspecified atom stereocenters. The minimum atomic E-state index is 0.595. The normalized spacial score (nSPS) is 11.6. The van der Waals surface area contributed by atoms with Crippen LogP contribution in [0.15, 0.2) is 53.7 Å². The topological polar surface area (TPSA) is 85.1 Å². The molecular weight excluding hydrogens is 368 g/mol. The van der Waals surface area contributed by atoms with Crippen molar-refractivity contribution >= 4 is 17.3 Å². The highest BCUT2D eigenvalue weighted by Gasteiger charge is 2.05. The second-order valence-corrected chi connectivity index (χ2v) is 6.40. The number of fused-ring (bicyclic) bond motifs is 1. The van der Waals surface area contributed by atoms with Gasteiger partial charge in [0.25, 0.3) is 0 Å². The van der Waals surface area contributed by atoms with Gasteiger partial charge in [0, 0.05) is 57.6 Å². The summed E-state index contributed by atoms with van der Waals surface area (Å²) in [7, 11) is 1.69. The van der Waals surface area contributed by atoms with Crippen LogP contribution in [0.1, 0.15) is 19.2 Å². The third-order valence-electron chi connectivity index (χ3n) is 4.19. The minimum absolute atomic E-state index is 0.595. The average molecular weight is 396 g/mol. The van der Waals surface area contributed by atoms with Gasteiger partial charge in [-0.2, -0.15) is 0 Å². The number of anilines is 1. The zero-order valence-corrected chi connectivity index (χ0v) is 17.0. The number of benzene rings is 1. The maximum Gasteiger partial charge on any atom is 0.195 e. The van der Waals surface area contributed by atoms with Gasteiger partial charge in [-0.15, -0.1) is 10.2 Å². The largest absolute Gasteiger partial charge is 0.493 e. The fraction of sp³-hybridized carbons (Fsp3) is 0.381. The number of aliphatic imine (C=N–C) groups is 1. The molecule has 0 atom stereocenters. The monoisotopic (exact) mass is 396 g/mol. The highest BCUT2D eigenvalue weighted by Crippen LogP contribution is 2.17. The number of hydrogen-bond donors (Lipinski definition) is 2. The predicted molar refractivity (Wildman–Crippen MR) is 115 cm³/mol. The fourth-order valence-corrected chi connectivity index (χ4v) is 2.83. The van der Waals surface area contributed by atoms with Crippen LogP contribution >= 0.6 is 0 Å². The van der Waals surface area contributed by atoms with Gasteiger partial charge in [0.15, 0.2) is 11.6 Å². The maximum absolute atomic E-state index is 5.76. The summed E-state index contributed by atoms with van der Waals surface area (Å²) >= 11 is 0. The zero-order chi connectivity index (χ0) is 20.3. The molecular formula is C21H28N6O2. The lowest BCUT2D eigenvalue weighted by atomic mass is 10.3. The van der Waals surface area contributed by atoms with Crippen molar-refractivity contribution in [2.75, 3.05) is 38.7 Å². The van der Waals surface area contributed by atoms with E-state index in [9.17, 15) is 0 Å². The fourth-order valence-electron chi connectivity index (χ4n) is 2.83. The number of pyridine rings is 1. The van der Waals surface area contributed by atoms with Crippen LogP contribution in [0.5, 0.6) is 5.75 Å². The lowest BCUT2D eigenvalue weighted by Crippen LogP contribution is -2.31. The van der Waals surface area contributed by atoms with Gasteiger partial charge in [-0.25, -0.2) is 0 Å². The van der Waals surface area contributed by atoms with Crippen LogP contribution in [0.3, 0.4) is 0 Å². The van der Waals surface area contributed by atoms with E-state index in [1.165, 1.54) is 0 Å². The molecule has 0 aliphatic carbocycles. The van der Waals surface area contributed by atoms with E-state index in [1.54, 1.807) is 7.11 Å². The molecule has 0 aliphatic heterocycles. The standard InChI is InChI=1S/C21H28N6O2/c1-3-22-21(23-12-11-20-26-25-19-10-4-5-13-27(19)20)24-17-8-6-9-18(16-17)29-15-7-14-28-2/h4-6,8-10,13,16H,3,7,11-12,14-15H2,1-2H3,(H2,22,23,24). The molecule has 2 aromatic heterocycles. The number of guanidine groups is 1. The molecule has 0 saturated heterocycles. The van der Waals surface area contributed by atoms with Crippen LogP contribution in [0.4, 0.5) is 5.69 Å². The molecule has 154 valence electrons. The molecule has 0 spiro atoms. The van der Waals surface area contributed by atoms with E-state index in [-0.39, 0.29) is 0 Å². The van der Waals surface area contributed by atoms with Crippen molar-refractivity contribution in [3.63, 3.8) is 0 Å². The number of aromatic nitrogens is 3. The van der Waals surface area contributed by atoms with Gasteiger partial charge in [-0.05, 0) is 31.2 Å². The summed E-state index contributed by atoms with van der Waals surface area (Å²) in [5.74, 6) is 2.43. The van der Waals surface area contributed by atoms with Crippen LogP contribution in [-0.4, -0.2) is 54.0 Å². The maximum atomic E-state index is 5.76. The third-order valence-corrected chi connectivity index (χ3v) is 4.19. The molecule has 2 N–H and O–H groups in total. The second kappa shape index (κ2) is 11.0. The van der Waals surface area contributed by atoms with Gasteiger partial charge < -0.3 is 20.1 Å². The van der Waals surface area contributed by atoms with E-state index in [0.717, 1.165) is 41.8 Å². The number of hydrogen-bond acceptors (Lipinski definition) is 5. The van der Waals surface area contributed by atoms with Crippen LogP contribution < -0.4 is 15.4 Å². The van der Waals surface area contributed by atoms with Gasteiger partial charge in [0.1, 0.15) is 11.6 Å². The Morgan fingerprint density at radius 3 is 2.93 bits per heavy atom. The van der Waals surface area contributed by atoms with Gasteiger partial charge in [-0.1, -0.05) is 12.1 Å². The van der Waals surface area contributed by atoms with Crippen molar-refractivity contribution in [1.29, 1.82) is 0 Å². The molecule has 1 aromatic carbocycles. The first-order chi connectivity index (χ1) is 14.3. The molecule has 8 heteroatoms. The average Bonchev–Trinajstić information content (AvgIpc) is 3.15. The molecule has 29 heavy (non-hydrogen) atoms. The first kappa shape index (κ1) is 20.6. The number of rotatable bonds is 10. The first-order valence-electron chi connectivity index (χ1n) is 9.86. The van der Waals surface area contributed by atoms with Crippen LogP contribution in [0.2, 0.25) is 0 Å². The van der Waals surface area contributed by atoms with E-state index in [2.05, 4.69) is 25.8 Å². The molecule has 8 nitrogen and oxygen atoms in total. The van der Waals surface area contributed by atoms with E-state index in [0.29, 0.717) is 26.2 Å². The molecule has 2 heterocycles. The second-order valence-electron chi connectivity index (χ2n) is 6.40. The van der Waals surface area contributed by atoms with Crippen molar-refractivity contribution in [1.82, 2.24) is 19.9 Å². The van der Waals surface area contributed by atoms with Gasteiger partial charge in [0.2, 0.25) is 0 Å². The SMILES string of the molecule is CCNC(=NCCc1nnc2ccccn12)Nc1cccc(OCCCOC)c1. The van der Waals surface area contributed by atoms with Crippen molar-refractivity contribution in [2.24, 2.45) is 4.99 Å². The van der Waals surface area contributed by atoms with Crippen molar-refractivity contribution in [2.45, 2.75) is 19.8 Å². The Balaban J connectivity index is 1.59. The van der Waals surface area contributed by atoms with Gasteiger partial charge in [0.05, 0.1) is 6.61 Å². The molecule has 0 fully saturated rings. The van der Waals surface area contributed by atoms with Crippen molar-refractivity contribution < 1.29 is 9.47 Å². The Hall–Kier alpha value is -3.13. The van der Waals surface area contributed by atoms with E-state index < -0.39 is 0 Å². The Kier molecular flexibility index (Phi) is 7.82. The Bertz CT molecular complexity index is 924. The van der Waals surface area contributed by atoms with E-state index >= 15 is 0 Å².